The fraction of sp³-hybridized carbons (Fsp3) is 0.462. The molecule has 1 saturated carbocycles. The minimum Gasteiger partial charge on any atom is -0.300 e. The van der Waals surface area contributed by atoms with Crippen molar-refractivity contribution >= 4 is 16.6 Å². The highest BCUT2D eigenvalue weighted by Crippen LogP contribution is 2.26. The van der Waals surface area contributed by atoms with E-state index in [4.69, 9.17) is 0 Å². The number of rotatable bonds is 2. The molecule has 1 aliphatic carbocycles. The second-order valence-corrected chi connectivity index (χ2v) is 6.17. The van der Waals surface area contributed by atoms with E-state index in [9.17, 15) is 9.00 Å². The van der Waals surface area contributed by atoms with Crippen molar-refractivity contribution in [3.63, 3.8) is 0 Å². The number of Topliss-reactive ketones (excluding diaryl/α,β-unsaturated/α-hetero) is 1. The van der Waals surface area contributed by atoms with Gasteiger partial charge in [-0.1, -0.05) is 12.1 Å². The maximum Gasteiger partial charge on any atom is 0.134 e. The van der Waals surface area contributed by atoms with Crippen molar-refractivity contribution in [2.75, 3.05) is 0 Å². The van der Waals surface area contributed by atoms with E-state index in [1.165, 1.54) is 0 Å². The van der Waals surface area contributed by atoms with Crippen molar-refractivity contribution in [2.24, 2.45) is 0 Å². The van der Waals surface area contributed by atoms with Gasteiger partial charge in [-0.25, -0.2) is 0 Å². The summed E-state index contributed by atoms with van der Waals surface area (Å²) in [4.78, 5) is 12.1. The molecule has 0 aromatic heterocycles. The second kappa shape index (κ2) is 4.50. The number of benzene rings is 1. The molecule has 1 fully saturated rings. The summed E-state index contributed by atoms with van der Waals surface area (Å²) >= 11 is 0. The Morgan fingerprint density at radius 1 is 1.31 bits per heavy atom. The van der Waals surface area contributed by atoms with Gasteiger partial charge in [0.25, 0.3) is 0 Å². The largest absolute Gasteiger partial charge is 0.300 e. The molecule has 86 valence electrons. The Bertz CT molecular complexity index is 451. The van der Waals surface area contributed by atoms with Gasteiger partial charge >= 0.3 is 0 Å². The van der Waals surface area contributed by atoms with Crippen LogP contribution < -0.4 is 0 Å². The number of ketones is 1. The zero-order valence-electron chi connectivity index (χ0n) is 9.66. The average molecular weight is 236 g/mol. The lowest BCUT2D eigenvalue weighted by Gasteiger charge is -2.11. The van der Waals surface area contributed by atoms with Crippen molar-refractivity contribution in [1.29, 1.82) is 0 Å². The molecule has 2 nitrogen and oxygen atoms in total. The summed E-state index contributed by atoms with van der Waals surface area (Å²) in [6, 6.07) is 6.00. The molecule has 2 atom stereocenters. The minimum absolute atomic E-state index is 0.0352. The molecule has 2 unspecified atom stereocenters. The Labute approximate surface area is 98.5 Å². The Morgan fingerprint density at radius 3 is 2.69 bits per heavy atom. The van der Waals surface area contributed by atoms with Crippen LogP contribution in [-0.2, 0) is 15.6 Å². The first-order valence-electron chi connectivity index (χ1n) is 5.57. The van der Waals surface area contributed by atoms with Crippen LogP contribution in [0.3, 0.4) is 0 Å². The van der Waals surface area contributed by atoms with E-state index in [2.05, 4.69) is 0 Å². The van der Waals surface area contributed by atoms with Crippen LogP contribution in [0.1, 0.15) is 30.4 Å². The minimum atomic E-state index is -1.02. The smallest absolute Gasteiger partial charge is 0.134 e. The molecule has 0 saturated heterocycles. The molecule has 0 heterocycles. The van der Waals surface area contributed by atoms with Gasteiger partial charge in [-0.2, -0.15) is 0 Å². The fourth-order valence-electron chi connectivity index (χ4n) is 2.07. The predicted molar refractivity (Wildman–Crippen MR) is 65.0 cm³/mol. The lowest BCUT2D eigenvalue weighted by Crippen LogP contribution is -2.12. The Balaban J connectivity index is 2.27. The molecule has 0 aliphatic heterocycles. The molecule has 0 spiro atoms. The average Bonchev–Trinajstić information content (AvgIpc) is 2.67. The lowest BCUT2D eigenvalue weighted by molar-refractivity contribution is -0.117. The summed E-state index contributed by atoms with van der Waals surface area (Å²) in [5.41, 5.74) is 2.18. The van der Waals surface area contributed by atoms with Gasteiger partial charge in [0, 0.05) is 23.0 Å². The lowest BCUT2D eigenvalue weighted by atomic mass is 10.2. The monoisotopic (exact) mass is 236 g/mol. The topological polar surface area (TPSA) is 34.1 Å². The molecule has 16 heavy (non-hydrogen) atoms. The number of aryl methyl sites for hydroxylation is 2. The van der Waals surface area contributed by atoms with Crippen molar-refractivity contribution in [1.82, 2.24) is 0 Å². The van der Waals surface area contributed by atoms with Crippen LogP contribution in [0.15, 0.2) is 23.1 Å². The first kappa shape index (κ1) is 11.5. The predicted octanol–water partition coefficient (Wildman–Crippen LogP) is 2.53. The summed E-state index contributed by atoms with van der Waals surface area (Å²) in [5, 5.41) is 0.0352. The van der Waals surface area contributed by atoms with Crippen molar-refractivity contribution in [2.45, 2.75) is 43.3 Å². The van der Waals surface area contributed by atoms with Gasteiger partial charge in [-0.05, 0) is 37.5 Å². The summed E-state index contributed by atoms with van der Waals surface area (Å²) in [7, 11) is -1.02. The summed E-state index contributed by atoms with van der Waals surface area (Å²) in [5.74, 6) is 0.253. The van der Waals surface area contributed by atoms with E-state index in [1.54, 1.807) is 0 Å². The Hall–Kier alpha value is -0.960. The standard InChI is InChI=1S/C13H16O2S/c1-9-3-4-10(2)13(7-9)16(15)12-6-5-11(14)8-12/h3-4,7,12H,5-6,8H2,1-2H3. The summed E-state index contributed by atoms with van der Waals surface area (Å²) < 4.78 is 12.3. The maximum absolute atomic E-state index is 12.3. The number of hydrogen-bond donors (Lipinski definition) is 0. The third-order valence-electron chi connectivity index (χ3n) is 3.06. The first-order chi connectivity index (χ1) is 7.58. The highest BCUT2D eigenvalue weighted by Gasteiger charge is 2.28. The molecule has 1 aromatic rings. The van der Waals surface area contributed by atoms with Crippen molar-refractivity contribution < 1.29 is 9.00 Å². The van der Waals surface area contributed by atoms with Crippen molar-refractivity contribution in [3.8, 4) is 0 Å². The summed E-state index contributed by atoms with van der Waals surface area (Å²) in [6.45, 7) is 3.98. The molecule has 0 amide bonds. The Kier molecular flexibility index (Phi) is 3.24. The third-order valence-corrected chi connectivity index (χ3v) is 4.94. The summed E-state index contributed by atoms with van der Waals surface area (Å²) in [6.07, 6.45) is 1.86. The van der Waals surface area contributed by atoms with E-state index in [0.29, 0.717) is 12.8 Å². The molecular weight excluding hydrogens is 220 g/mol. The van der Waals surface area contributed by atoms with E-state index >= 15 is 0 Å². The molecule has 0 bridgehead atoms. The van der Waals surface area contributed by atoms with E-state index < -0.39 is 10.8 Å². The zero-order valence-corrected chi connectivity index (χ0v) is 10.5. The highest BCUT2D eigenvalue weighted by molar-refractivity contribution is 7.85. The van der Waals surface area contributed by atoms with E-state index in [1.807, 2.05) is 32.0 Å². The highest BCUT2D eigenvalue weighted by atomic mass is 32.2. The molecular formula is C13H16O2S. The van der Waals surface area contributed by atoms with Crippen LogP contribution in [0, 0.1) is 13.8 Å². The van der Waals surface area contributed by atoms with Gasteiger partial charge in [-0.15, -0.1) is 0 Å². The van der Waals surface area contributed by atoms with E-state index in [0.717, 1.165) is 22.4 Å². The zero-order chi connectivity index (χ0) is 11.7. The van der Waals surface area contributed by atoms with Gasteiger partial charge in [0.2, 0.25) is 0 Å². The van der Waals surface area contributed by atoms with Crippen LogP contribution in [0.4, 0.5) is 0 Å². The van der Waals surface area contributed by atoms with Gasteiger partial charge in [0.1, 0.15) is 5.78 Å². The quantitative estimate of drug-likeness (QED) is 0.790. The normalized spacial score (nSPS) is 22.4. The molecule has 3 heteroatoms. The second-order valence-electron chi connectivity index (χ2n) is 4.47. The van der Waals surface area contributed by atoms with Gasteiger partial charge in [0.05, 0.1) is 10.8 Å². The first-order valence-corrected chi connectivity index (χ1v) is 6.79. The van der Waals surface area contributed by atoms with Gasteiger partial charge in [-0.3, -0.25) is 9.00 Å². The van der Waals surface area contributed by atoms with Gasteiger partial charge < -0.3 is 0 Å². The molecule has 0 radical (unpaired) electrons. The molecule has 1 aliphatic rings. The molecule has 1 aromatic carbocycles. The fourth-order valence-corrected chi connectivity index (χ4v) is 3.78. The van der Waals surface area contributed by atoms with Crippen LogP contribution in [-0.4, -0.2) is 15.2 Å². The van der Waals surface area contributed by atoms with Crippen LogP contribution in [0.25, 0.3) is 0 Å². The Morgan fingerprint density at radius 2 is 2.06 bits per heavy atom. The number of carbonyl (C=O) groups excluding carboxylic acids is 1. The number of hydrogen-bond acceptors (Lipinski definition) is 2. The van der Waals surface area contributed by atoms with Crippen LogP contribution >= 0.6 is 0 Å². The number of carbonyl (C=O) groups is 1. The molecule has 2 rings (SSSR count). The maximum atomic E-state index is 12.3. The third kappa shape index (κ3) is 2.24. The van der Waals surface area contributed by atoms with Crippen LogP contribution in [0.5, 0.6) is 0 Å². The molecule has 0 N–H and O–H groups in total. The van der Waals surface area contributed by atoms with E-state index in [-0.39, 0.29) is 11.0 Å². The van der Waals surface area contributed by atoms with Gasteiger partial charge in [0.15, 0.2) is 0 Å². The van der Waals surface area contributed by atoms with Crippen molar-refractivity contribution in [3.05, 3.63) is 29.3 Å². The van der Waals surface area contributed by atoms with Crippen LogP contribution in [0.2, 0.25) is 0 Å². The SMILES string of the molecule is Cc1ccc(C)c(S(=O)C2CCC(=O)C2)c1.